The van der Waals surface area contributed by atoms with E-state index in [0.717, 1.165) is 0 Å². The SMILES string of the molecule is NC(=O)NN(Cl)Cl. The lowest BCUT2D eigenvalue weighted by Gasteiger charge is -1.99. The summed E-state index contributed by atoms with van der Waals surface area (Å²) in [6.07, 6.45) is 0. The zero-order valence-corrected chi connectivity index (χ0v) is 4.70. The molecule has 0 radical (unpaired) electrons. The number of urea groups is 1. The van der Waals surface area contributed by atoms with Gasteiger partial charge in [-0.05, 0) is 4.05 Å². The lowest BCUT2D eigenvalue weighted by atomic mass is 11.2. The first-order valence-corrected chi connectivity index (χ1v) is 1.98. The lowest BCUT2D eigenvalue weighted by molar-refractivity contribution is 0.242. The standard InChI is InChI=1S/CH3Cl2N3O/c2-6(3)5-1(4)7/h(H3,4,5,7). The molecule has 0 fully saturated rings. The summed E-state index contributed by atoms with van der Waals surface area (Å²) in [5.74, 6) is 0. The van der Waals surface area contributed by atoms with Crippen LogP contribution in [0.1, 0.15) is 0 Å². The number of carbonyl (C=O) groups excluding carboxylic acids is 1. The Bertz CT molecular complexity index is 73.3. The monoisotopic (exact) mass is 143 g/mol. The zero-order chi connectivity index (χ0) is 5.86. The first-order valence-electron chi connectivity index (χ1n) is 1.30. The second kappa shape index (κ2) is 2.90. The summed E-state index contributed by atoms with van der Waals surface area (Å²) >= 11 is 9.72. The van der Waals surface area contributed by atoms with Crippen LogP contribution in [0.5, 0.6) is 0 Å². The summed E-state index contributed by atoms with van der Waals surface area (Å²) in [6.45, 7) is 0. The molecular formula is CH3Cl2N3O. The average Bonchev–Trinajstić information content (AvgIpc) is 1.27. The van der Waals surface area contributed by atoms with Crippen molar-refractivity contribution in [2.75, 3.05) is 0 Å². The number of primary amides is 1. The van der Waals surface area contributed by atoms with Crippen LogP contribution >= 0.6 is 23.6 Å². The van der Waals surface area contributed by atoms with Gasteiger partial charge in [-0.2, -0.15) is 0 Å². The van der Waals surface area contributed by atoms with Crippen LogP contribution in [0.4, 0.5) is 4.79 Å². The van der Waals surface area contributed by atoms with E-state index in [9.17, 15) is 4.79 Å². The highest BCUT2D eigenvalue weighted by atomic mass is 35.5. The molecule has 6 heteroatoms. The van der Waals surface area contributed by atoms with Crippen LogP contribution in [-0.2, 0) is 0 Å². The molecule has 0 aromatic heterocycles. The molecule has 0 spiro atoms. The molecule has 0 saturated heterocycles. The topological polar surface area (TPSA) is 58.4 Å². The summed E-state index contributed by atoms with van der Waals surface area (Å²) in [5, 5.41) is 0. The normalized spacial score (nSPS) is 9.00. The molecule has 0 heterocycles. The maximum Gasteiger partial charge on any atom is 0.328 e. The predicted molar refractivity (Wildman–Crippen MR) is 26.3 cm³/mol. The first-order chi connectivity index (χ1) is 3.13. The number of carbonyl (C=O) groups is 1. The minimum absolute atomic E-state index is 0.419. The molecule has 0 aromatic rings. The summed E-state index contributed by atoms with van der Waals surface area (Å²) in [7, 11) is 0. The van der Waals surface area contributed by atoms with Crippen LogP contribution in [0.2, 0.25) is 0 Å². The van der Waals surface area contributed by atoms with Gasteiger partial charge in [0, 0.05) is 23.6 Å². The molecule has 4 nitrogen and oxygen atoms in total. The highest BCUT2D eigenvalue weighted by Crippen LogP contribution is 1.88. The number of nitrogens with two attached hydrogens (primary N) is 1. The van der Waals surface area contributed by atoms with E-state index in [1.54, 1.807) is 0 Å². The summed E-state index contributed by atoms with van der Waals surface area (Å²) in [5.41, 5.74) is 6.34. The molecular weight excluding hydrogens is 141 g/mol. The number of rotatable bonds is 1. The molecule has 0 aliphatic carbocycles. The quantitative estimate of drug-likeness (QED) is 0.407. The second-order valence-corrected chi connectivity index (χ2v) is 1.56. The van der Waals surface area contributed by atoms with Crippen molar-refractivity contribution in [1.82, 2.24) is 9.47 Å². The molecule has 0 bridgehead atoms. The van der Waals surface area contributed by atoms with Crippen molar-refractivity contribution in [3.63, 3.8) is 0 Å². The number of nitrogens with zero attached hydrogens (tertiary/aromatic N) is 1. The molecule has 42 valence electrons. The third-order valence-electron chi connectivity index (χ3n) is 0.195. The van der Waals surface area contributed by atoms with Gasteiger partial charge in [0.15, 0.2) is 0 Å². The van der Waals surface area contributed by atoms with E-state index in [0.29, 0.717) is 4.05 Å². The van der Waals surface area contributed by atoms with E-state index in [4.69, 9.17) is 23.6 Å². The van der Waals surface area contributed by atoms with Gasteiger partial charge in [-0.15, -0.1) is 0 Å². The van der Waals surface area contributed by atoms with Gasteiger partial charge in [-0.3, -0.25) is 0 Å². The number of hydrazine groups is 1. The van der Waals surface area contributed by atoms with E-state index in [1.165, 1.54) is 0 Å². The Morgan fingerprint density at radius 2 is 2.14 bits per heavy atom. The lowest BCUT2D eigenvalue weighted by Crippen LogP contribution is -2.34. The highest BCUT2D eigenvalue weighted by Gasteiger charge is 1.93. The number of amides is 2. The van der Waals surface area contributed by atoms with Crippen molar-refractivity contribution < 1.29 is 4.79 Å². The third kappa shape index (κ3) is 5.81. The smallest absolute Gasteiger partial charge is 0.328 e. The van der Waals surface area contributed by atoms with Gasteiger partial charge in [0.2, 0.25) is 0 Å². The molecule has 2 amide bonds. The van der Waals surface area contributed by atoms with Crippen LogP contribution in [0, 0.1) is 0 Å². The van der Waals surface area contributed by atoms with E-state index < -0.39 is 6.03 Å². The molecule has 0 rings (SSSR count). The van der Waals surface area contributed by atoms with E-state index in [1.807, 2.05) is 5.43 Å². The van der Waals surface area contributed by atoms with Crippen molar-refractivity contribution >= 4 is 29.6 Å². The van der Waals surface area contributed by atoms with Gasteiger partial charge in [0.1, 0.15) is 0 Å². The predicted octanol–water partition coefficient (Wildman–Crippen LogP) is 0.179. The Hall–Kier alpha value is -0.190. The minimum atomic E-state index is -0.801. The molecule has 0 aromatic carbocycles. The zero-order valence-electron chi connectivity index (χ0n) is 3.19. The Labute approximate surface area is 50.4 Å². The van der Waals surface area contributed by atoms with Crippen LogP contribution in [0.15, 0.2) is 0 Å². The first kappa shape index (κ1) is 6.81. The van der Waals surface area contributed by atoms with Gasteiger partial charge in [-0.1, -0.05) is 0 Å². The van der Waals surface area contributed by atoms with Crippen molar-refractivity contribution in [3.05, 3.63) is 0 Å². The molecule has 7 heavy (non-hydrogen) atoms. The van der Waals surface area contributed by atoms with E-state index >= 15 is 0 Å². The van der Waals surface area contributed by atoms with E-state index in [2.05, 4.69) is 5.73 Å². The molecule has 0 aliphatic rings. The fourth-order valence-corrected chi connectivity index (χ4v) is 0.250. The van der Waals surface area contributed by atoms with Crippen molar-refractivity contribution in [3.8, 4) is 0 Å². The Morgan fingerprint density at radius 3 is 2.14 bits per heavy atom. The Kier molecular flexibility index (Phi) is 2.82. The largest absolute Gasteiger partial charge is 0.350 e. The van der Waals surface area contributed by atoms with Crippen molar-refractivity contribution in [1.29, 1.82) is 0 Å². The second-order valence-electron chi connectivity index (χ2n) is 0.709. The number of hydrogen-bond acceptors (Lipinski definition) is 2. The molecule has 0 saturated carbocycles. The van der Waals surface area contributed by atoms with Gasteiger partial charge in [-0.25, -0.2) is 10.2 Å². The number of halogens is 2. The molecule has 0 atom stereocenters. The fraction of sp³-hybridized carbons (Fsp3) is 0. The molecule has 0 unspecified atom stereocenters. The Morgan fingerprint density at radius 1 is 1.71 bits per heavy atom. The molecule has 3 N–H and O–H groups in total. The Balaban J connectivity index is 3.13. The minimum Gasteiger partial charge on any atom is -0.350 e. The highest BCUT2D eigenvalue weighted by molar-refractivity contribution is 6.33. The van der Waals surface area contributed by atoms with Crippen LogP contribution < -0.4 is 11.2 Å². The van der Waals surface area contributed by atoms with Crippen molar-refractivity contribution in [2.45, 2.75) is 0 Å². The van der Waals surface area contributed by atoms with Gasteiger partial charge >= 0.3 is 6.03 Å². The number of nitrogens with one attached hydrogen (secondary N) is 1. The van der Waals surface area contributed by atoms with Gasteiger partial charge in [0.05, 0.1) is 0 Å². The third-order valence-corrected chi connectivity index (χ3v) is 0.364. The van der Waals surface area contributed by atoms with Crippen LogP contribution in [0.25, 0.3) is 0 Å². The summed E-state index contributed by atoms with van der Waals surface area (Å²) in [4.78, 5) is 9.71. The fourth-order valence-electron chi connectivity index (χ4n) is 0.0833. The maximum atomic E-state index is 9.71. The summed E-state index contributed by atoms with van der Waals surface area (Å²) < 4.78 is 0.419. The molecule has 0 aliphatic heterocycles. The van der Waals surface area contributed by atoms with Gasteiger partial charge < -0.3 is 5.73 Å². The summed E-state index contributed by atoms with van der Waals surface area (Å²) in [6, 6.07) is -0.801. The van der Waals surface area contributed by atoms with E-state index in [-0.39, 0.29) is 0 Å². The van der Waals surface area contributed by atoms with Crippen LogP contribution in [0.3, 0.4) is 0 Å². The van der Waals surface area contributed by atoms with Gasteiger partial charge in [0.25, 0.3) is 0 Å². The number of hydrogen-bond donors (Lipinski definition) is 2. The maximum absolute atomic E-state index is 9.71. The van der Waals surface area contributed by atoms with Crippen molar-refractivity contribution in [2.24, 2.45) is 5.73 Å². The average molecular weight is 144 g/mol. The van der Waals surface area contributed by atoms with Crippen LogP contribution in [-0.4, -0.2) is 10.1 Å².